The fourth-order valence-electron chi connectivity index (χ4n) is 2.97. The maximum Gasteiger partial charge on any atom is 0.243 e. The van der Waals surface area contributed by atoms with Gasteiger partial charge in [-0.05, 0) is 37.6 Å². The molecule has 0 aromatic heterocycles. The predicted molar refractivity (Wildman–Crippen MR) is 69.7 cm³/mol. The average molecular weight is 302 g/mol. The van der Waals surface area contributed by atoms with E-state index in [4.69, 9.17) is 0 Å². The molecule has 4 nitrogen and oxygen atoms in total. The first-order chi connectivity index (χ1) is 9.48. The maximum absolute atomic E-state index is 13.2. The number of halogens is 2. The van der Waals surface area contributed by atoms with E-state index in [-0.39, 0.29) is 10.9 Å². The summed E-state index contributed by atoms with van der Waals surface area (Å²) in [5.41, 5.74) is 0. The molecule has 0 N–H and O–H groups in total. The SMILES string of the molecule is O=S(=O)(c1ccc(F)c(F)c1)N1CCN2CCC[C@@H]2C1. The molecule has 0 bridgehead atoms. The number of benzene rings is 1. The Balaban J connectivity index is 1.86. The second kappa shape index (κ2) is 5.05. The smallest absolute Gasteiger partial charge is 0.243 e. The second-order valence-electron chi connectivity index (χ2n) is 5.27. The van der Waals surface area contributed by atoms with Crippen molar-refractivity contribution in [3.05, 3.63) is 29.8 Å². The first-order valence-corrected chi connectivity index (χ1v) is 8.12. The number of nitrogens with zero attached hydrogens (tertiary/aromatic N) is 2. The number of rotatable bonds is 2. The van der Waals surface area contributed by atoms with Crippen molar-refractivity contribution in [1.29, 1.82) is 0 Å². The fraction of sp³-hybridized carbons (Fsp3) is 0.538. The zero-order valence-electron chi connectivity index (χ0n) is 10.9. The minimum absolute atomic E-state index is 0.178. The van der Waals surface area contributed by atoms with Crippen molar-refractivity contribution in [2.24, 2.45) is 0 Å². The van der Waals surface area contributed by atoms with E-state index in [2.05, 4.69) is 4.90 Å². The molecule has 1 aromatic carbocycles. The molecule has 2 aliphatic rings. The molecule has 0 radical (unpaired) electrons. The average Bonchev–Trinajstić information content (AvgIpc) is 2.89. The van der Waals surface area contributed by atoms with Crippen molar-refractivity contribution in [3.8, 4) is 0 Å². The predicted octanol–water partition coefficient (Wildman–Crippen LogP) is 1.43. The third-order valence-electron chi connectivity index (χ3n) is 4.08. The number of hydrogen-bond donors (Lipinski definition) is 0. The minimum atomic E-state index is -3.74. The summed E-state index contributed by atoms with van der Waals surface area (Å²) >= 11 is 0. The summed E-state index contributed by atoms with van der Waals surface area (Å²) in [6.07, 6.45) is 2.08. The van der Waals surface area contributed by atoms with Crippen LogP contribution in [0.1, 0.15) is 12.8 Å². The molecule has 1 atom stereocenters. The number of piperazine rings is 1. The van der Waals surface area contributed by atoms with Crippen molar-refractivity contribution in [2.45, 2.75) is 23.8 Å². The Labute approximate surface area is 117 Å². The van der Waals surface area contributed by atoms with Crippen LogP contribution >= 0.6 is 0 Å². The fourth-order valence-corrected chi connectivity index (χ4v) is 4.45. The van der Waals surface area contributed by atoms with E-state index >= 15 is 0 Å². The van der Waals surface area contributed by atoms with E-state index in [0.717, 1.165) is 37.6 Å². The van der Waals surface area contributed by atoms with E-state index in [1.807, 2.05) is 0 Å². The van der Waals surface area contributed by atoms with Gasteiger partial charge in [0.2, 0.25) is 10.0 Å². The molecule has 110 valence electrons. The summed E-state index contributed by atoms with van der Waals surface area (Å²) in [6, 6.07) is 2.98. The van der Waals surface area contributed by atoms with Crippen LogP contribution in [0.4, 0.5) is 8.78 Å². The number of fused-ring (bicyclic) bond motifs is 1. The van der Waals surface area contributed by atoms with Crippen LogP contribution in [0.5, 0.6) is 0 Å². The van der Waals surface area contributed by atoms with Crippen molar-refractivity contribution in [2.75, 3.05) is 26.2 Å². The quantitative estimate of drug-likeness (QED) is 0.830. The lowest BCUT2D eigenvalue weighted by atomic mass is 10.2. The van der Waals surface area contributed by atoms with Crippen LogP contribution in [0.3, 0.4) is 0 Å². The van der Waals surface area contributed by atoms with Crippen LogP contribution < -0.4 is 0 Å². The van der Waals surface area contributed by atoms with Crippen molar-refractivity contribution in [3.63, 3.8) is 0 Å². The Hall–Kier alpha value is -1.05. The zero-order chi connectivity index (χ0) is 14.3. The van der Waals surface area contributed by atoms with Gasteiger partial charge in [0.05, 0.1) is 4.90 Å². The van der Waals surface area contributed by atoms with Gasteiger partial charge in [-0.3, -0.25) is 4.90 Å². The number of hydrogen-bond acceptors (Lipinski definition) is 3. The molecule has 3 rings (SSSR count). The van der Waals surface area contributed by atoms with Gasteiger partial charge in [0, 0.05) is 25.7 Å². The Bertz CT molecular complexity index is 621. The van der Waals surface area contributed by atoms with Crippen LogP contribution in [0, 0.1) is 11.6 Å². The van der Waals surface area contributed by atoms with E-state index < -0.39 is 21.7 Å². The van der Waals surface area contributed by atoms with E-state index in [1.54, 1.807) is 0 Å². The van der Waals surface area contributed by atoms with Crippen molar-refractivity contribution < 1.29 is 17.2 Å². The van der Waals surface area contributed by atoms with Gasteiger partial charge < -0.3 is 0 Å². The van der Waals surface area contributed by atoms with Gasteiger partial charge in [0.1, 0.15) is 0 Å². The van der Waals surface area contributed by atoms with Crippen LogP contribution in [0.25, 0.3) is 0 Å². The highest BCUT2D eigenvalue weighted by molar-refractivity contribution is 7.89. The van der Waals surface area contributed by atoms with Crippen molar-refractivity contribution in [1.82, 2.24) is 9.21 Å². The molecule has 0 unspecified atom stereocenters. The first-order valence-electron chi connectivity index (χ1n) is 6.68. The van der Waals surface area contributed by atoms with Gasteiger partial charge in [0.15, 0.2) is 11.6 Å². The third-order valence-corrected chi connectivity index (χ3v) is 5.94. The van der Waals surface area contributed by atoms with Gasteiger partial charge in [-0.15, -0.1) is 0 Å². The lowest BCUT2D eigenvalue weighted by Gasteiger charge is -2.36. The molecule has 20 heavy (non-hydrogen) atoms. The van der Waals surface area contributed by atoms with Gasteiger partial charge in [-0.25, -0.2) is 17.2 Å². The maximum atomic E-state index is 13.2. The summed E-state index contributed by atoms with van der Waals surface area (Å²) < 4.78 is 52.4. The summed E-state index contributed by atoms with van der Waals surface area (Å²) in [7, 11) is -3.74. The van der Waals surface area contributed by atoms with Gasteiger partial charge in [-0.1, -0.05) is 0 Å². The number of sulfonamides is 1. The van der Waals surface area contributed by atoms with Crippen LogP contribution in [-0.2, 0) is 10.0 Å². The monoisotopic (exact) mass is 302 g/mol. The van der Waals surface area contributed by atoms with Gasteiger partial charge >= 0.3 is 0 Å². The molecular weight excluding hydrogens is 286 g/mol. The Morgan fingerprint density at radius 3 is 2.65 bits per heavy atom. The Morgan fingerprint density at radius 1 is 1.10 bits per heavy atom. The lowest BCUT2D eigenvalue weighted by Crippen LogP contribution is -2.51. The molecule has 1 aromatic rings. The normalized spacial score (nSPS) is 24.8. The molecule has 0 spiro atoms. The topological polar surface area (TPSA) is 40.6 Å². The standard InChI is InChI=1S/C13H16F2N2O2S/c14-12-4-3-11(8-13(12)15)20(18,19)17-7-6-16-5-1-2-10(16)9-17/h3-4,8,10H,1-2,5-7,9H2/t10-/m1/s1. The van der Waals surface area contributed by atoms with Crippen molar-refractivity contribution >= 4 is 10.0 Å². The van der Waals surface area contributed by atoms with Gasteiger partial charge in [-0.2, -0.15) is 4.31 Å². The minimum Gasteiger partial charge on any atom is -0.298 e. The largest absolute Gasteiger partial charge is 0.298 e. The van der Waals surface area contributed by atoms with Crippen LogP contribution in [-0.4, -0.2) is 49.8 Å². The highest BCUT2D eigenvalue weighted by atomic mass is 32.2. The highest BCUT2D eigenvalue weighted by Gasteiger charge is 2.36. The van der Waals surface area contributed by atoms with E-state index in [0.29, 0.717) is 19.6 Å². The molecule has 0 aliphatic carbocycles. The molecule has 2 fully saturated rings. The summed E-state index contributed by atoms with van der Waals surface area (Å²) in [6.45, 7) is 2.55. The third kappa shape index (κ3) is 2.34. The molecule has 0 saturated carbocycles. The summed E-state index contributed by atoms with van der Waals surface area (Å²) in [5.74, 6) is -2.17. The molecule has 0 amide bonds. The highest BCUT2D eigenvalue weighted by Crippen LogP contribution is 2.26. The Morgan fingerprint density at radius 2 is 1.90 bits per heavy atom. The zero-order valence-corrected chi connectivity index (χ0v) is 11.7. The molecule has 7 heteroatoms. The van der Waals surface area contributed by atoms with Crippen LogP contribution in [0.2, 0.25) is 0 Å². The molecule has 2 heterocycles. The van der Waals surface area contributed by atoms with E-state index in [9.17, 15) is 17.2 Å². The summed E-state index contributed by atoms with van der Waals surface area (Å²) in [5, 5.41) is 0. The molecule has 2 saturated heterocycles. The van der Waals surface area contributed by atoms with Crippen LogP contribution in [0.15, 0.2) is 23.1 Å². The lowest BCUT2D eigenvalue weighted by molar-refractivity contribution is 0.158. The Kier molecular flexibility index (Phi) is 3.51. The molecular formula is C13H16F2N2O2S. The molecule has 2 aliphatic heterocycles. The second-order valence-corrected chi connectivity index (χ2v) is 7.21. The summed E-state index contributed by atoms with van der Waals surface area (Å²) in [4.78, 5) is 2.11. The first kappa shape index (κ1) is 13.9. The van der Waals surface area contributed by atoms with E-state index in [1.165, 1.54) is 4.31 Å². The van der Waals surface area contributed by atoms with Gasteiger partial charge in [0.25, 0.3) is 0 Å².